The largest absolute Gasteiger partial charge is 0.452 e. The lowest BCUT2D eigenvalue weighted by Crippen LogP contribution is -2.02. The maximum Gasteiger partial charge on any atom is 0.169 e. The Kier molecular flexibility index (Phi) is 3.46. The fraction of sp³-hybridized carbons (Fsp3) is 0.364. The third kappa shape index (κ3) is 2.54. The second-order valence-corrected chi connectivity index (χ2v) is 4.42. The first-order valence-corrected chi connectivity index (χ1v) is 5.86. The quantitative estimate of drug-likeness (QED) is 0.938. The van der Waals surface area contributed by atoms with Crippen molar-refractivity contribution in [2.24, 2.45) is 7.05 Å². The summed E-state index contributed by atoms with van der Waals surface area (Å²) in [6, 6.07) is 5.51. The van der Waals surface area contributed by atoms with E-state index in [0.717, 1.165) is 12.1 Å². The highest BCUT2D eigenvalue weighted by atomic mass is 79.9. The van der Waals surface area contributed by atoms with Gasteiger partial charge in [-0.1, -0.05) is 0 Å². The molecule has 1 unspecified atom stereocenters. The van der Waals surface area contributed by atoms with Crippen molar-refractivity contribution < 1.29 is 9.52 Å². The van der Waals surface area contributed by atoms with Gasteiger partial charge in [0.15, 0.2) is 4.67 Å². The Morgan fingerprint density at radius 2 is 2.31 bits per heavy atom. The average Bonchev–Trinajstić information content (AvgIpc) is 2.84. The molecule has 0 spiro atoms. The molecule has 0 aromatic carbocycles. The second-order valence-electron chi connectivity index (χ2n) is 3.64. The van der Waals surface area contributed by atoms with Gasteiger partial charge in [-0.15, -0.1) is 0 Å². The van der Waals surface area contributed by atoms with Crippen LogP contribution in [-0.4, -0.2) is 14.9 Å². The number of aryl methyl sites for hydroxylation is 2. The molecule has 1 N–H and O–H groups in total. The summed E-state index contributed by atoms with van der Waals surface area (Å²) in [6.45, 7) is 0. The summed E-state index contributed by atoms with van der Waals surface area (Å²) in [5.41, 5.74) is 1.10. The van der Waals surface area contributed by atoms with E-state index in [9.17, 15) is 5.11 Å². The van der Waals surface area contributed by atoms with Crippen LogP contribution in [0, 0.1) is 0 Å². The molecule has 2 aromatic heterocycles. The molecule has 4 nitrogen and oxygen atoms in total. The molecular formula is C11H13BrN2O2. The molecule has 0 radical (unpaired) electrons. The van der Waals surface area contributed by atoms with Crippen molar-refractivity contribution in [1.29, 1.82) is 0 Å². The number of nitrogens with zero attached hydrogens (tertiary/aromatic N) is 2. The van der Waals surface area contributed by atoms with Crippen LogP contribution in [0.5, 0.6) is 0 Å². The summed E-state index contributed by atoms with van der Waals surface area (Å²) < 4.78 is 7.74. The van der Waals surface area contributed by atoms with Crippen molar-refractivity contribution in [3.63, 3.8) is 0 Å². The Hall–Kier alpha value is -1.07. The van der Waals surface area contributed by atoms with Crippen LogP contribution < -0.4 is 0 Å². The minimum absolute atomic E-state index is 0.568. The van der Waals surface area contributed by atoms with E-state index in [2.05, 4.69) is 21.0 Å². The van der Waals surface area contributed by atoms with E-state index in [0.29, 0.717) is 16.9 Å². The van der Waals surface area contributed by atoms with E-state index in [1.165, 1.54) is 0 Å². The Morgan fingerprint density at radius 1 is 1.50 bits per heavy atom. The predicted molar refractivity (Wildman–Crippen MR) is 62.9 cm³/mol. The van der Waals surface area contributed by atoms with Crippen LogP contribution in [0.1, 0.15) is 24.0 Å². The Balaban J connectivity index is 1.93. The maximum atomic E-state index is 9.88. The number of aliphatic hydroxyl groups excluding tert-OH is 1. The van der Waals surface area contributed by atoms with Gasteiger partial charge in [-0.3, -0.25) is 4.68 Å². The highest BCUT2D eigenvalue weighted by Gasteiger charge is 2.12. The average molecular weight is 285 g/mol. The smallest absolute Gasteiger partial charge is 0.169 e. The topological polar surface area (TPSA) is 51.2 Å². The van der Waals surface area contributed by atoms with Crippen molar-refractivity contribution in [3.05, 3.63) is 40.5 Å². The van der Waals surface area contributed by atoms with Crippen LogP contribution in [0.15, 0.2) is 33.5 Å². The fourth-order valence-corrected chi connectivity index (χ4v) is 1.90. The molecule has 0 amide bonds. The molecule has 0 aliphatic heterocycles. The van der Waals surface area contributed by atoms with Crippen molar-refractivity contribution >= 4 is 15.9 Å². The van der Waals surface area contributed by atoms with E-state index in [1.54, 1.807) is 18.3 Å². The van der Waals surface area contributed by atoms with Gasteiger partial charge in [0.1, 0.15) is 11.9 Å². The van der Waals surface area contributed by atoms with Gasteiger partial charge < -0.3 is 9.52 Å². The van der Waals surface area contributed by atoms with E-state index in [1.807, 2.05) is 17.8 Å². The first kappa shape index (κ1) is 11.4. The van der Waals surface area contributed by atoms with E-state index >= 15 is 0 Å². The molecule has 86 valence electrons. The number of rotatable bonds is 4. The maximum absolute atomic E-state index is 9.88. The number of aromatic nitrogens is 2. The van der Waals surface area contributed by atoms with Gasteiger partial charge >= 0.3 is 0 Å². The Labute approximate surface area is 102 Å². The zero-order valence-corrected chi connectivity index (χ0v) is 10.5. The number of halogens is 1. The third-order valence-electron chi connectivity index (χ3n) is 2.52. The SMILES string of the molecule is Cn1nccc1CCC(O)c1ccc(Br)o1. The fourth-order valence-electron chi connectivity index (χ4n) is 1.58. The summed E-state index contributed by atoms with van der Waals surface area (Å²) in [4.78, 5) is 0. The molecule has 0 bridgehead atoms. The molecule has 2 heterocycles. The monoisotopic (exact) mass is 284 g/mol. The zero-order chi connectivity index (χ0) is 11.5. The normalized spacial score (nSPS) is 12.9. The predicted octanol–water partition coefficient (Wildman–Crippen LogP) is 2.44. The molecule has 0 aliphatic rings. The first-order valence-electron chi connectivity index (χ1n) is 5.07. The zero-order valence-electron chi connectivity index (χ0n) is 8.93. The molecular weight excluding hydrogens is 272 g/mol. The molecule has 0 saturated carbocycles. The summed E-state index contributed by atoms with van der Waals surface area (Å²) in [7, 11) is 1.89. The lowest BCUT2D eigenvalue weighted by molar-refractivity contribution is 0.138. The minimum atomic E-state index is -0.568. The molecule has 5 heteroatoms. The lowest BCUT2D eigenvalue weighted by Gasteiger charge is -2.07. The van der Waals surface area contributed by atoms with Crippen LogP contribution in [0.25, 0.3) is 0 Å². The van der Waals surface area contributed by atoms with Crippen LogP contribution in [-0.2, 0) is 13.5 Å². The van der Waals surface area contributed by atoms with E-state index < -0.39 is 6.10 Å². The van der Waals surface area contributed by atoms with Gasteiger partial charge in [0.2, 0.25) is 0 Å². The second kappa shape index (κ2) is 4.84. The van der Waals surface area contributed by atoms with Gasteiger partial charge in [-0.05, 0) is 47.0 Å². The van der Waals surface area contributed by atoms with Gasteiger partial charge in [0.25, 0.3) is 0 Å². The molecule has 0 saturated heterocycles. The highest BCUT2D eigenvalue weighted by Crippen LogP contribution is 2.23. The third-order valence-corrected chi connectivity index (χ3v) is 2.94. The van der Waals surface area contributed by atoms with Crippen LogP contribution in [0.3, 0.4) is 0 Å². The van der Waals surface area contributed by atoms with Crippen LogP contribution in [0.2, 0.25) is 0 Å². The number of furan rings is 1. The number of aliphatic hydroxyl groups is 1. The summed E-state index contributed by atoms with van der Waals surface area (Å²) in [5.74, 6) is 0.592. The molecule has 2 rings (SSSR count). The molecule has 0 fully saturated rings. The van der Waals surface area contributed by atoms with Gasteiger partial charge in [0.05, 0.1) is 0 Å². The van der Waals surface area contributed by atoms with Crippen LogP contribution in [0.4, 0.5) is 0 Å². The molecule has 16 heavy (non-hydrogen) atoms. The summed E-state index contributed by atoms with van der Waals surface area (Å²) in [5, 5.41) is 14.0. The standard InChI is InChI=1S/C11H13BrN2O2/c1-14-8(6-7-13-14)2-3-9(15)10-4-5-11(12)16-10/h4-7,9,15H,2-3H2,1H3. The van der Waals surface area contributed by atoms with Gasteiger partial charge in [-0.2, -0.15) is 5.10 Å². The van der Waals surface area contributed by atoms with Crippen molar-refractivity contribution in [1.82, 2.24) is 9.78 Å². The lowest BCUT2D eigenvalue weighted by atomic mass is 10.1. The Bertz CT molecular complexity index is 464. The van der Waals surface area contributed by atoms with Crippen molar-refractivity contribution in [3.8, 4) is 0 Å². The Morgan fingerprint density at radius 3 is 2.88 bits per heavy atom. The molecule has 1 atom stereocenters. The number of hydrogen-bond acceptors (Lipinski definition) is 3. The van der Waals surface area contributed by atoms with Crippen LogP contribution >= 0.6 is 15.9 Å². The van der Waals surface area contributed by atoms with Gasteiger partial charge in [-0.25, -0.2) is 0 Å². The van der Waals surface area contributed by atoms with Crippen molar-refractivity contribution in [2.45, 2.75) is 18.9 Å². The van der Waals surface area contributed by atoms with E-state index in [-0.39, 0.29) is 0 Å². The molecule has 0 aliphatic carbocycles. The van der Waals surface area contributed by atoms with Gasteiger partial charge in [0, 0.05) is 18.9 Å². The summed E-state index contributed by atoms with van der Waals surface area (Å²) in [6.07, 6.45) is 2.59. The first-order chi connectivity index (χ1) is 7.66. The van der Waals surface area contributed by atoms with E-state index in [4.69, 9.17) is 4.42 Å². The molecule has 2 aromatic rings. The minimum Gasteiger partial charge on any atom is -0.452 e. The highest BCUT2D eigenvalue weighted by molar-refractivity contribution is 9.10. The number of hydrogen-bond donors (Lipinski definition) is 1. The van der Waals surface area contributed by atoms with Crippen molar-refractivity contribution in [2.75, 3.05) is 0 Å². The summed E-state index contributed by atoms with van der Waals surface area (Å²) >= 11 is 3.21.